The zero-order chi connectivity index (χ0) is 27.0. The van der Waals surface area contributed by atoms with E-state index in [0.717, 1.165) is 49.0 Å². The third-order valence-electron chi connectivity index (χ3n) is 7.64. The maximum absolute atomic E-state index is 13.3. The Morgan fingerprint density at radius 3 is 2.32 bits per heavy atom. The van der Waals surface area contributed by atoms with Crippen molar-refractivity contribution in [2.75, 3.05) is 38.0 Å². The van der Waals surface area contributed by atoms with E-state index in [1.165, 1.54) is 0 Å². The van der Waals surface area contributed by atoms with Gasteiger partial charge in [0.15, 0.2) is 5.76 Å². The number of hydrogen-bond donors (Lipinski definition) is 1. The molecular formula is C29H37N3O5S. The highest BCUT2D eigenvalue weighted by atomic mass is 32.2. The van der Waals surface area contributed by atoms with Gasteiger partial charge in [0.1, 0.15) is 5.58 Å². The second-order valence-electron chi connectivity index (χ2n) is 10.9. The van der Waals surface area contributed by atoms with E-state index in [-0.39, 0.29) is 28.8 Å². The molecule has 2 aromatic carbocycles. The van der Waals surface area contributed by atoms with E-state index >= 15 is 0 Å². The summed E-state index contributed by atoms with van der Waals surface area (Å²) in [6, 6.07) is 12.2. The third kappa shape index (κ3) is 5.66. The van der Waals surface area contributed by atoms with E-state index in [2.05, 4.69) is 24.1 Å². The molecule has 0 bridgehead atoms. The number of nitrogens with zero attached hydrogens (tertiary/aromatic N) is 2. The van der Waals surface area contributed by atoms with Crippen molar-refractivity contribution in [1.29, 1.82) is 0 Å². The van der Waals surface area contributed by atoms with Crippen LogP contribution in [0.4, 0.5) is 5.69 Å². The number of benzene rings is 2. The van der Waals surface area contributed by atoms with Crippen molar-refractivity contribution in [3.05, 3.63) is 59.4 Å². The number of piperidine rings is 1. The SMILES string of the molecule is Cc1ccc2c(C)c(C(=O)Nc3ccc(S(=O)(=O)N4CCC(CN5CC(C)OC(C)C5)CC4)cc3)oc2c1. The number of carbonyl (C=O) groups is 1. The Kier molecular flexibility index (Phi) is 7.64. The standard InChI is InChI=1S/C29H37N3O5S/c1-19-5-10-26-22(4)28(37-27(26)15-19)29(33)30-24-6-8-25(9-7-24)38(34,35)32-13-11-23(12-14-32)18-31-16-20(2)36-21(3)17-31/h5-10,15,20-21,23H,11-14,16-18H2,1-4H3,(H,30,33). The molecule has 2 aliphatic heterocycles. The summed E-state index contributed by atoms with van der Waals surface area (Å²) >= 11 is 0. The van der Waals surface area contributed by atoms with Gasteiger partial charge in [-0.15, -0.1) is 0 Å². The van der Waals surface area contributed by atoms with Crippen LogP contribution in [0.1, 0.15) is 48.4 Å². The Balaban J connectivity index is 1.19. The Labute approximate surface area is 225 Å². The number of amides is 1. The second-order valence-corrected chi connectivity index (χ2v) is 12.8. The summed E-state index contributed by atoms with van der Waals surface area (Å²) in [5.41, 5.74) is 3.02. The average molecular weight is 540 g/mol. The lowest BCUT2D eigenvalue weighted by atomic mass is 9.97. The maximum Gasteiger partial charge on any atom is 0.291 e. The first-order valence-electron chi connectivity index (χ1n) is 13.4. The van der Waals surface area contributed by atoms with Crippen LogP contribution in [0, 0.1) is 19.8 Å². The molecule has 0 spiro atoms. The number of anilines is 1. The molecule has 2 saturated heterocycles. The first-order valence-corrected chi connectivity index (χ1v) is 14.8. The van der Waals surface area contributed by atoms with Gasteiger partial charge in [-0.3, -0.25) is 9.69 Å². The van der Waals surface area contributed by atoms with Gasteiger partial charge < -0.3 is 14.5 Å². The molecule has 9 heteroatoms. The number of fused-ring (bicyclic) bond motifs is 1. The molecule has 8 nitrogen and oxygen atoms in total. The van der Waals surface area contributed by atoms with E-state index < -0.39 is 10.0 Å². The minimum absolute atomic E-state index is 0.235. The summed E-state index contributed by atoms with van der Waals surface area (Å²) in [6.45, 7) is 11.9. The summed E-state index contributed by atoms with van der Waals surface area (Å²) in [5, 5.41) is 3.73. The first kappa shape index (κ1) is 26.9. The fraction of sp³-hybridized carbons (Fsp3) is 0.483. The highest BCUT2D eigenvalue weighted by molar-refractivity contribution is 7.89. The largest absolute Gasteiger partial charge is 0.451 e. The lowest BCUT2D eigenvalue weighted by Gasteiger charge is -2.39. The Hall–Kier alpha value is -2.72. The normalized spacial score (nSPS) is 22.1. The lowest BCUT2D eigenvalue weighted by Crippen LogP contribution is -2.48. The number of nitrogens with one attached hydrogen (secondary N) is 1. The summed E-state index contributed by atoms with van der Waals surface area (Å²) in [6.07, 6.45) is 2.17. The molecule has 1 amide bonds. The lowest BCUT2D eigenvalue weighted by molar-refractivity contribution is -0.0726. The molecule has 38 heavy (non-hydrogen) atoms. The summed E-state index contributed by atoms with van der Waals surface area (Å²) < 4.78 is 39.8. The van der Waals surface area contributed by atoms with Crippen molar-refractivity contribution in [2.45, 2.75) is 57.6 Å². The number of carbonyl (C=O) groups excluding carboxylic acids is 1. The molecule has 2 fully saturated rings. The van der Waals surface area contributed by atoms with Gasteiger partial charge in [0.25, 0.3) is 5.91 Å². The number of morpholine rings is 1. The van der Waals surface area contributed by atoms with Crippen LogP contribution in [0.3, 0.4) is 0 Å². The van der Waals surface area contributed by atoms with Crippen LogP contribution in [0.25, 0.3) is 11.0 Å². The highest BCUT2D eigenvalue weighted by Gasteiger charge is 2.31. The molecule has 0 aliphatic carbocycles. The van der Waals surface area contributed by atoms with Gasteiger partial charge in [0.2, 0.25) is 10.0 Å². The van der Waals surface area contributed by atoms with E-state index in [9.17, 15) is 13.2 Å². The van der Waals surface area contributed by atoms with Crippen molar-refractivity contribution in [2.24, 2.45) is 5.92 Å². The first-order chi connectivity index (χ1) is 18.1. The molecular weight excluding hydrogens is 502 g/mol. The number of rotatable bonds is 6. The van der Waals surface area contributed by atoms with Crippen molar-refractivity contribution >= 4 is 32.6 Å². The van der Waals surface area contributed by atoms with E-state index in [1.54, 1.807) is 28.6 Å². The monoisotopic (exact) mass is 539 g/mol. The predicted octanol–water partition coefficient (Wildman–Crippen LogP) is 4.81. The van der Waals surface area contributed by atoms with Gasteiger partial charge in [0.05, 0.1) is 17.1 Å². The van der Waals surface area contributed by atoms with Gasteiger partial charge in [0, 0.05) is 49.4 Å². The van der Waals surface area contributed by atoms with Gasteiger partial charge in [-0.2, -0.15) is 4.31 Å². The van der Waals surface area contributed by atoms with Crippen molar-refractivity contribution in [3.63, 3.8) is 0 Å². The molecule has 0 saturated carbocycles. The van der Waals surface area contributed by atoms with E-state index in [1.807, 2.05) is 32.0 Å². The molecule has 1 N–H and O–H groups in total. The van der Waals surface area contributed by atoms with Crippen LogP contribution < -0.4 is 5.32 Å². The van der Waals surface area contributed by atoms with Crippen LogP contribution in [0.5, 0.6) is 0 Å². The average Bonchev–Trinajstić information content (AvgIpc) is 3.19. The smallest absolute Gasteiger partial charge is 0.291 e. The van der Waals surface area contributed by atoms with Crippen LogP contribution in [-0.2, 0) is 14.8 Å². The van der Waals surface area contributed by atoms with E-state index in [0.29, 0.717) is 30.3 Å². The molecule has 2 atom stereocenters. The number of sulfonamides is 1. The van der Waals surface area contributed by atoms with Crippen LogP contribution in [-0.4, -0.2) is 68.5 Å². The quantitative estimate of drug-likeness (QED) is 0.483. The zero-order valence-corrected chi connectivity index (χ0v) is 23.4. The van der Waals surface area contributed by atoms with Crippen LogP contribution >= 0.6 is 0 Å². The predicted molar refractivity (Wildman–Crippen MR) is 148 cm³/mol. The van der Waals surface area contributed by atoms with E-state index in [4.69, 9.17) is 9.15 Å². The zero-order valence-electron chi connectivity index (χ0n) is 22.6. The third-order valence-corrected chi connectivity index (χ3v) is 9.55. The molecule has 3 heterocycles. The molecule has 5 rings (SSSR count). The fourth-order valence-electron chi connectivity index (χ4n) is 5.73. The fourth-order valence-corrected chi connectivity index (χ4v) is 7.20. The second kappa shape index (κ2) is 10.8. The molecule has 2 aliphatic rings. The van der Waals surface area contributed by atoms with Crippen molar-refractivity contribution < 1.29 is 22.4 Å². The summed E-state index contributed by atoms with van der Waals surface area (Å²) in [7, 11) is -3.59. The molecule has 204 valence electrons. The Morgan fingerprint density at radius 2 is 1.66 bits per heavy atom. The topological polar surface area (TPSA) is 92.1 Å². The summed E-state index contributed by atoms with van der Waals surface area (Å²) in [4.78, 5) is 15.6. The van der Waals surface area contributed by atoms with Gasteiger partial charge in [-0.25, -0.2) is 8.42 Å². The highest BCUT2D eigenvalue weighted by Crippen LogP contribution is 2.28. The number of ether oxygens (including phenoxy) is 1. The molecule has 2 unspecified atom stereocenters. The van der Waals surface area contributed by atoms with Crippen molar-refractivity contribution in [3.8, 4) is 0 Å². The number of aryl methyl sites for hydroxylation is 2. The number of hydrogen-bond acceptors (Lipinski definition) is 6. The molecule has 1 aromatic heterocycles. The van der Waals surface area contributed by atoms with Crippen LogP contribution in [0.2, 0.25) is 0 Å². The molecule has 0 radical (unpaired) electrons. The van der Waals surface area contributed by atoms with Gasteiger partial charge >= 0.3 is 0 Å². The van der Waals surface area contributed by atoms with Gasteiger partial charge in [-0.05, 0) is 82.3 Å². The Bertz CT molecular complexity index is 1400. The minimum atomic E-state index is -3.59. The van der Waals surface area contributed by atoms with Crippen LogP contribution in [0.15, 0.2) is 51.8 Å². The minimum Gasteiger partial charge on any atom is -0.451 e. The number of furan rings is 1. The summed E-state index contributed by atoms with van der Waals surface area (Å²) in [5.74, 6) is 0.381. The van der Waals surface area contributed by atoms with Crippen molar-refractivity contribution in [1.82, 2.24) is 9.21 Å². The van der Waals surface area contributed by atoms with Gasteiger partial charge in [-0.1, -0.05) is 12.1 Å². The maximum atomic E-state index is 13.3. The Morgan fingerprint density at radius 1 is 1.00 bits per heavy atom. The molecule has 3 aromatic rings.